The molecule has 0 aromatic heterocycles. The van der Waals surface area contributed by atoms with Crippen molar-refractivity contribution in [1.82, 2.24) is 0 Å². The molecule has 4 nitrogen and oxygen atoms in total. The number of nitrogens with one attached hydrogen (secondary N) is 1. The van der Waals surface area contributed by atoms with Gasteiger partial charge < -0.3 is 10.1 Å². The third-order valence-corrected chi connectivity index (χ3v) is 4.97. The first-order chi connectivity index (χ1) is 11.6. The van der Waals surface area contributed by atoms with Crippen LogP contribution in [0.2, 0.25) is 5.02 Å². The lowest BCUT2D eigenvalue weighted by molar-refractivity contribution is -0.146. The second-order valence-corrected chi connectivity index (χ2v) is 8.06. The van der Waals surface area contributed by atoms with Crippen molar-refractivity contribution in [3.05, 3.63) is 23.0 Å². The Labute approximate surface area is 157 Å². The molecule has 1 aromatic rings. The maximum Gasteiger partial charge on any atom is 0.319 e. The van der Waals surface area contributed by atoms with Crippen molar-refractivity contribution in [3.8, 4) is 0 Å². The minimum Gasteiger partial charge on any atom is -0.462 e. The van der Waals surface area contributed by atoms with E-state index in [1.54, 1.807) is 13.8 Å². The predicted octanol–water partition coefficient (Wildman–Crippen LogP) is 5.29. The maximum absolute atomic E-state index is 14.1. The number of benzene rings is 1. The molecule has 7 heteroatoms. The van der Waals surface area contributed by atoms with Crippen molar-refractivity contribution in [3.63, 3.8) is 0 Å². The minimum absolute atomic E-state index is 0.0598. The Hall–Kier alpha value is -1.27. The Morgan fingerprint density at radius 2 is 1.92 bits per heavy atom. The molecule has 1 rings (SSSR count). The Morgan fingerprint density at radius 3 is 2.44 bits per heavy atom. The molecule has 0 bridgehead atoms. The molecule has 0 saturated heterocycles. The molecule has 0 aliphatic heterocycles. The summed E-state index contributed by atoms with van der Waals surface area (Å²) < 4.78 is 19.3. The number of amides is 1. The largest absolute Gasteiger partial charge is 0.462 e. The molecular formula is C18H25ClFNO3S. The van der Waals surface area contributed by atoms with E-state index in [1.807, 2.05) is 20.8 Å². The summed E-state index contributed by atoms with van der Waals surface area (Å²) in [5.41, 5.74) is 0.0598. The van der Waals surface area contributed by atoms with Crippen LogP contribution in [0.1, 0.15) is 47.5 Å². The van der Waals surface area contributed by atoms with Gasteiger partial charge in [-0.1, -0.05) is 32.4 Å². The van der Waals surface area contributed by atoms with E-state index in [9.17, 15) is 14.0 Å². The molecule has 0 saturated carbocycles. The van der Waals surface area contributed by atoms with E-state index in [4.69, 9.17) is 16.3 Å². The van der Waals surface area contributed by atoms with Gasteiger partial charge in [0, 0.05) is 11.3 Å². The summed E-state index contributed by atoms with van der Waals surface area (Å²) in [6.07, 6.45) is 0.624. The molecule has 0 heterocycles. The molecule has 0 aliphatic carbocycles. The quantitative estimate of drug-likeness (QED) is 0.485. The Balaban J connectivity index is 2.97. The fraction of sp³-hybridized carbons (Fsp3) is 0.556. The van der Waals surface area contributed by atoms with E-state index >= 15 is 0 Å². The average molecular weight is 390 g/mol. The third kappa shape index (κ3) is 7.24. The fourth-order valence-electron chi connectivity index (χ4n) is 2.05. The van der Waals surface area contributed by atoms with Gasteiger partial charge in [-0.25, -0.2) is 4.39 Å². The summed E-state index contributed by atoms with van der Waals surface area (Å²) in [6, 6.07) is 2.61. The number of ether oxygens (including phenoxy) is 1. The lowest BCUT2D eigenvalue weighted by Crippen LogP contribution is -2.22. The highest BCUT2D eigenvalue weighted by molar-refractivity contribution is 8.00. The Morgan fingerprint density at radius 1 is 1.28 bits per heavy atom. The number of hydrogen-bond acceptors (Lipinski definition) is 4. The van der Waals surface area contributed by atoms with Gasteiger partial charge in [-0.2, -0.15) is 0 Å². The van der Waals surface area contributed by atoms with Crippen LogP contribution in [0.5, 0.6) is 0 Å². The van der Waals surface area contributed by atoms with Crippen LogP contribution in [0.4, 0.5) is 10.1 Å². The number of anilines is 1. The highest BCUT2D eigenvalue weighted by Gasteiger charge is 2.23. The molecule has 1 aromatic carbocycles. The highest BCUT2D eigenvalue weighted by Crippen LogP contribution is 2.36. The Kier molecular flexibility index (Phi) is 8.73. The van der Waals surface area contributed by atoms with E-state index in [-0.39, 0.29) is 34.6 Å². The van der Waals surface area contributed by atoms with Crippen LogP contribution in [0.3, 0.4) is 0 Å². The molecule has 140 valence electrons. The number of carbonyl (C=O) groups is 2. The average Bonchev–Trinajstić information content (AvgIpc) is 2.47. The summed E-state index contributed by atoms with van der Waals surface area (Å²) in [7, 11) is 0. The molecule has 0 aliphatic rings. The van der Waals surface area contributed by atoms with E-state index < -0.39 is 11.1 Å². The molecule has 1 unspecified atom stereocenters. The van der Waals surface area contributed by atoms with Gasteiger partial charge in [0.05, 0.1) is 16.8 Å². The SMILES string of the molecule is CCC(Sc1cc(NC(=O)CC(C)C)c(F)cc1Cl)C(=O)OC(C)C. The summed E-state index contributed by atoms with van der Waals surface area (Å²) >= 11 is 7.31. The summed E-state index contributed by atoms with van der Waals surface area (Å²) in [6.45, 7) is 9.24. The molecular weight excluding hydrogens is 365 g/mol. The number of rotatable bonds is 8. The lowest BCUT2D eigenvalue weighted by Gasteiger charge is -2.17. The van der Waals surface area contributed by atoms with Crippen LogP contribution < -0.4 is 5.32 Å². The van der Waals surface area contributed by atoms with Crippen LogP contribution in [-0.4, -0.2) is 23.2 Å². The molecule has 25 heavy (non-hydrogen) atoms. The number of halogens is 2. The first-order valence-electron chi connectivity index (χ1n) is 8.30. The van der Waals surface area contributed by atoms with Crippen molar-refractivity contribution in [1.29, 1.82) is 0 Å². The minimum atomic E-state index is -0.607. The van der Waals surface area contributed by atoms with Crippen molar-refractivity contribution < 1.29 is 18.7 Å². The fourth-order valence-corrected chi connectivity index (χ4v) is 3.31. The molecule has 1 amide bonds. The summed E-state index contributed by atoms with van der Waals surface area (Å²) in [4.78, 5) is 24.5. The van der Waals surface area contributed by atoms with Gasteiger partial charge >= 0.3 is 5.97 Å². The monoisotopic (exact) mass is 389 g/mol. The summed E-state index contributed by atoms with van der Waals surface area (Å²) in [5.74, 6) is -1.05. The summed E-state index contributed by atoms with van der Waals surface area (Å²) in [5, 5.41) is 2.30. The number of carbonyl (C=O) groups excluding carboxylic acids is 2. The number of thioether (sulfide) groups is 1. The zero-order valence-electron chi connectivity index (χ0n) is 15.2. The van der Waals surface area contributed by atoms with Gasteiger partial charge in [-0.05, 0) is 38.3 Å². The zero-order valence-corrected chi connectivity index (χ0v) is 16.8. The van der Waals surface area contributed by atoms with Crippen LogP contribution >= 0.6 is 23.4 Å². The van der Waals surface area contributed by atoms with Crippen LogP contribution in [-0.2, 0) is 14.3 Å². The molecule has 0 spiro atoms. The first kappa shape index (κ1) is 21.8. The first-order valence-corrected chi connectivity index (χ1v) is 9.55. The van der Waals surface area contributed by atoms with Gasteiger partial charge in [-0.15, -0.1) is 11.8 Å². The lowest BCUT2D eigenvalue weighted by atomic mass is 10.1. The molecule has 1 atom stereocenters. The molecule has 0 radical (unpaired) electrons. The maximum atomic E-state index is 14.1. The van der Waals surface area contributed by atoms with Gasteiger partial charge in [0.15, 0.2) is 0 Å². The van der Waals surface area contributed by atoms with Gasteiger partial charge in [0.1, 0.15) is 11.1 Å². The molecule has 1 N–H and O–H groups in total. The Bertz CT molecular complexity index is 623. The van der Waals surface area contributed by atoms with E-state index in [0.29, 0.717) is 17.7 Å². The van der Waals surface area contributed by atoms with E-state index in [1.165, 1.54) is 17.8 Å². The van der Waals surface area contributed by atoms with Crippen molar-refractivity contribution in [2.45, 2.75) is 63.7 Å². The molecule has 0 fully saturated rings. The number of hydrogen-bond donors (Lipinski definition) is 1. The van der Waals surface area contributed by atoms with Gasteiger partial charge in [0.2, 0.25) is 5.91 Å². The smallest absolute Gasteiger partial charge is 0.319 e. The highest BCUT2D eigenvalue weighted by atomic mass is 35.5. The second-order valence-electron chi connectivity index (χ2n) is 6.41. The van der Waals surface area contributed by atoms with Crippen molar-refractivity contribution >= 4 is 40.9 Å². The third-order valence-electron chi connectivity index (χ3n) is 3.14. The van der Waals surface area contributed by atoms with E-state index in [0.717, 1.165) is 6.07 Å². The van der Waals surface area contributed by atoms with Gasteiger partial charge in [-0.3, -0.25) is 9.59 Å². The van der Waals surface area contributed by atoms with Crippen molar-refractivity contribution in [2.75, 3.05) is 5.32 Å². The van der Waals surface area contributed by atoms with Crippen molar-refractivity contribution in [2.24, 2.45) is 5.92 Å². The van der Waals surface area contributed by atoms with E-state index in [2.05, 4.69) is 5.32 Å². The predicted molar refractivity (Wildman–Crippen MR) is 101 cm³/mol. The van der Waals surface area contributed by atoms with Crippen LogP contribution in [0.25, 0.3) is 0 Å². The van der Waals surface area contributed by atoms with Gasteiger partial charge in [0.25, 0.3) is 0 Å². The second kappa shape index (κ2) is 10.0. The normalized spacial score (nSPS) is 12.4. The van der Waals surface area contributed by atoms with Crippen LogP contribution in [0.15, 0.2) is 17.0 Å². The number of esters is 1. The standard InChI is InChI=1S/C18H25ClFNO3S/c1-6-15(18(23)24-11(4)5)25-16-9-14(13(20)8-12(16)19)21-17(22)7-10(2)3/h8-11,15H,6-7H2,1-5H3,(H,21,22). The topological polar surface area (TPSA) is 55.4 Å². The zero-order chi connectivity index (χ0) is 19.1. The van der Waals surface area contributed by atoms with Crippen LogP contribution in [0, 0.1) is 11.7 Å².